The highest BCUT2D eigenvalue weighted by atomic mass is 32.1. The summed E-state index contributed by atoms with van der Waals surface area (Å²) in [6, 6.07) is 11.1. The third kappa shape index (κ3) is 5.19. The van der Waals surface area contributed by atoms with Gasteiger partial charge in [-0.2, -0.15) is 0 Å². The number of nitrogens with zero attached hydrogens (tertiary/aromatic N) is 1. The molecular weight excluding hydrogens is 379 g/mol. The molecule has 2 aromatic carbocycles. The topological polar surface area (TPSA) is 50.8 Å². The van der Waals surface area contributed by atoms with E-state index in [1.165, 1.54) is 24.3 Å². The minimum atomic E-state index is -0.359. The van der Waals surface area contributed by atoms with E-state index in [4.69, 9.17) is 21.7 Å². The standard InChI is InChI=1S/C21H23FN2O3S/c1-2-26-19-13-15(21(28)24-11-3-4-12-24)5-10-18(19)27-14-20(25)23-17-8-6-16(22)7-9-17/h5-10,13H,2-4,11-12,14H2,1H3,(H,23,25). The Bertz CT molecular complexity index is 836. The summed E-state index contributed by atoms with van der Waals surface area (Å²) in [5.74, 6) is 0.327. The van der Waals surface area contributed by atoms with Crippen LogP contribution in [0.25, 0.3) is 0 Å². The minimum Gasteiger partial charge on any atom is -0.490 e. The molecule has 1 N–H and O–H groups in total. The number of ether oxygens (including phenoxy) is 2. The molecule has 1 amide bonds. The number of carbonyl (C=O) groups excluding carboxylic acids is 1. The Morgan fingerprint density at radius 2 is 1.82 bits per heavy atom. The number of likely N-dealkylation sites (tertiary alicyclic amines) is 1. The quantitative estimate of drug-likeness (QED) is 0.709. The molecule has 28 heavy (non-hydrogen) atoms. The second-order valence-electron chi connectivity index (χ2n) is 6.44. The summed E-state index contributed by atoms with van der Waals surface area (Å²) in [6.45, 7) is 4.12. The molecule has 148 valence electrons. The second-order valence-corrected chi connectivity index (χ2v) is 6.82. The lowest BCUT2D eigenvalue weighted by molar-refractivity contribution is -0.118. The SMILES string of the molecule is CCOc1cc(C(=S)N2CCCC2)ccc1OCC(=O)Nc1ccc(F)cc1. The number of hydrogen-bond donors (Lipinski definition) is 1. The summed E-state index contributed by atoms with van der Waals surface area (Å²) in [5, 5.41) is 2.66. The third-order valence-electron chi connectivity index (χ3n) is 4.37. The first-order valence-corrected chi connectivity index (χ1v) is 9.72. The lowest BCUT2D eigenvalue weighted by atomic mass is 10.2. The van der Waals surface area contributed by atoms with Crippen molar-refractivity contribution in [1.82, 2.24) is 4.90 Å². The van der Waals surface area contributed by atoms with Gasteiger partial charge in [-0.25, -0.2) is 4.39 Å². The predicted octanol–water partition coefficient (Wildman–Crippen LogP) is 4.01. The zero-order valence-electron chi connectivity index (χ0n) is 15.7. The van der Waals surface area contributed by atoms with Crippen molar-refractivity contribution in [2.75, 3.05) is 31.6 Å². The van der Waals surface area contributed by atoms with Crippen molar-refractivity contribution < 1.29 is 18.7 Å². The van der Waals surface area contributed by atoms with Gasteiger partial charge >= 0.3 is 0 Å². The van der Waals surface area contributed by atoms with E-state index in [1.807, 2.05) is 19.1 Å². The number of hydrogen-bond acceptors (Lipinski definition) is 4. The van der Waals surface area contributed by atoms with Gasteiger partial charge in [0.15, 0.2) is 18.1 Å². The van der Waals surface area contributed by atoms with E-state index in [0.717, 1.165) is 36.5 Å². The maximum Gasteiger partial charge on any atom is 0.262 e. The molecule has 7 heteroatoms. The van der Waals surface area contributed by atoms with E-state index in [2.05, 4.69) is 10.2 Å². The van der Waals surface area contributed by atoms with Gasteiger partial charge in [0.1, 0.15) is 10.8 Å². The van der Waals surface area contributed by atoms with Crippen LogP contribution in [0, 0.1) is 5.82 Å². The zero-order chi connectivity index (χ0) is 19.9. The fourth-order valence-corrected chi connectivity index (χ4v) is 3.31. The van der Waals surface area contributed by atoms with E-state index in [1.54, 1.807) is 6.07 Å². The molecule has 1 aliphatic rings. The first-order chi connectivity index (χ1) is 13.6. The van der Waals surface area contributed by atoms with Crippen LogP contribution in [0.3, 0.4) is 0 Å². The minimum absolute atomic E-state index is 0.187. The number of benzene rings is 2. The monoisotopic (exact) mass is 402 g/mol. The van der Waals surface area contributed by atoms with Crippen LogP contribution in [-0.4, -0.2) is 42.1 Å². The number of rotatable bonds is 7. The summed E-state index contributed by atoms with van der Waals surface area (Å²) in [6.07, 6.45) is 2.31. The second kappa shape index (κ2) is 9.50. The van der Waals surface area contributed by atoms with Gasteiger partial charge in [-0.15, -0.1) is 0 Å². The number of thiocarbonyl (C=S) groups is 1. The van der Waals surface area contributed by atoms with Crippen LogP contribution in [0.1, 0.15) is 25.3 Å². The molecule has 1 heterocycles. The number of carbonyl (C=O) groups is 1. The van der Waals surface area contributed by atoms with Gasteiger partial charge in [-0.3, -0.25) is 4.79 Å². The van der Waals surface area contributed by atoms with Crippen LogP contribution in [0.15, 0.2) is 42.5 Å². The molecule has 0 atom stereocenters. The van der Waals surface area contributed by atoms with Gasteiger partial charge in [-0.1, -0.05) is 12.2 Å². The van der Waals surface area contributed by atoms with E-state index in [-0.39, 0.29) is 18.3 Å². The molecule has 0 aliphatic carbocycles. The highest BCUT2D eigenvalue weighted by molar-refractivity contribution is 7.80. The molecular formula is C21H23FN2O3S. The summed E-state index contributed by atoms with van der Waals surface area (Å²) in [4.78, 5) is 15.1. The highest BCUT2D eigenvalue weighted by Gasteiger charge is 2.18. The molecule has 5 nitrogen and oxygen atoms in total. The molecule has 0 bridgehead atoms. The molecule has 2 aromatic rings. The van der Waals surface area contributed by atoms with E-state index < -0.39 is 0 Å². The summed E-state index contributed by atoms with van der Waals surface area (Å²) in [5.41, 5.74) is 1.41. The molecule has 0 unspecified atom stereocenters. The average molecular weight is 402 g/mol. The highest BCUT2D eigenvalue weighted by Crippen LogP contribution is 2.30. The van der Waals surface area contributed by atoms with Crippen LogP contribution in [0.4, 0.5) is 10.1 Å². The fraction of sp³-hybridized carbons (Fsp3) is 0.333. The Kier molecular flexibility index (Phi) is 6.81. The molecule has 0 radical (unpaired) electrons. The number of anilines is 1. The van der Waals surface area contributed by atoms with Crippen LogP contribution >= 0.6 is 12.2 Å². The van der Waals surface area contributed by atoms with Crippen molar-refractivity contribution in [3.05, 3.63) is 53.8 Å². The fourth-order valence-electron chi connectivity index (χ4n) is 3.01. The lowest BCUT2D eigenvalue weighted by Crippen LogP contribution is -2.26. The third-order valence-corrected chi connectivity index (χ3v) is 4.86. The zero-order valence-corrected chi connectivity index (χ0v) is 16.6. The first-order valence-electron chi connectivity index (χ1n) is 9.31. The van der Waals surface area contributed by atoms with Crippen molar-refractivity contribution in [2.24, 2.45) is 0 Å². The van der Waals surface area contributed by atoms with E-state index in [0.29, 0.717) is 23.8 Å². The Morgan fingerprint density at radius 1 is 1.11 bits per heavy atom. The van der Waals surface area contributed by atoms with Gasteiger partial charge in [-0.05, 0) is 62.2 Å². The van der Waals surface area contributed by atoms with Gasteiger partial charge in [0.2, 0.25) is 0 Å². The van der Waals surface area contributed by atoms with Crippen LogP contribution in [0.5, 0.6) is 11.5 Å². The van der Waals surface area contributed by atoms with Crippen LogP contribution in [-0.2, 0) is 4.79 Å². The molecule has 1 saturated heterocycles. The van der Waals surface area contributed by atoms with Gasteiger partial charge in [0.05, 0.1) is 6.61 Å². The Hall–Kier alpha value is -2.67. The number of halogens is 1. The Balaban J connectivity index is 1.64. The molecule has 1 fully saturated rings. The summed E-state index contributed by atoms with van der Waals surface area (Å²) < 4.78 is 24.3. The number of nitrogens with one attached hydrogen (secondary N) is 1. The normalized spacial score (nSPS) is 13.3. The van der Waals surface area contributed by atoms with Crippen molar-refractivity contribution in [3.8, 4) is 11.5 Å². The van der Waals surface area contributed by atoms with Crippen molar-refractivity contribution in [1.29, 1.82) is 0 Å². The molecule has 0 saturated carbocycles. The van der Waals surface area contributed by atoms with Crippen molar-refractivity contribution >= 4 is 28.8 Å². The van der Waals surface area contributed by atoms with Gasteiger partial charge in [0, 0.05) is 24.3 Å². The predicted molar refractivity (Wildman–Crippen MR) is 111 cm³/mol. The van der Waals surface area contributed by atoms with Crippen molar-refractivity contribution in [3.63, 3.8) is 0 Å². The largest absolute Gasteiger partial charge is 0.490 e. The van der Waals surface area contributed by atoms with Gasteiger partial charge < -0.3 is 19.7 Å². The Labute approximate surface area is 169 Å². The lowest BCUT2D eigenvalue weighted by Gasteiger charge is -2.20. The average Bonchev–Trinajstić information content (AvgIpc) is 3.23. The molecule has 3 rings (SSSR count). The summed E-state index contributed by atoms with van der Waals surface area (Å²) in [7, 11) is 0. The van der Waals surface area contributed by atoms with Gasteiger partial charge in [0.25, 0.3) is 5.91 Å². The van der Waals surface area contributed by atoms with E-state index >= 15 is 0 Å². The van der Waals surface area contributed by atoms with Crippen LogP contribution < -0.4 is 14.8 Å². The molecule has 0 spiro atoms. The smallest absolute Gasteiger partial charge is 0.262 e. The maximum atomic E-state index is 12.9. The maximum absolute atomic E-state index is 12.9. The Morgan fingerprint density at radius 3 is 2.50 bits per heavy atom. The molecule has 0 aromatic heterocycles. The molecule has 1 aliphatic heterocycles. The van der Waals surface area contributed by atoms with Crippen molar-refractivity contribution in [2.45, 2.75) is 19.8 Å². The summed E-state index contributed by atoms with van der Waals surface area (Å²) >= 11 is 5.59. The van der Waals surface area contributed by atoms with Crippen LogP contribution in [0.2, 0.25) is 0 Å². The van der Waals surface area contributed by atoms with E-state index in [9.17, 15) is 9.18 Å². The number of amides is 1. The first kappa shape index (κ1) is 20.1.